The predicted molar refractivity (Wildman–Crippen MR) is 105 cm³/mol. The molecule has 4 nitrogen and oxygen atoms in total. The molecule has 0 radical (unpaired) electrons. The van der Waals surface area contributed by atoms with Crippen LogP contribution in [0.5, 0.6) is 0 Å². The molecule has 0 aliphatic rings. The van der Waals surface area contributed by atoms with Crippen LogP contribution in [0.1, 0.15) is 23.4 Å². The van der Waals surface area contributed by atoms with E-state index in [-0.39, 0.29) is 4.47 Å². The lowest BCUT2D eigenvalue weighted by Crippen LogP contribution is -2.30. The fourth-order valence-corrected chi connectivity index (χ4v) is 3.16. The second-order valence-corrected chi connectivity index (χ2v) is 7.22. The molecular formula is C16H17BrClF3N4S. The molecule has 0 spiro atoms. The summed E-state index contributed by atoms with van der Waals surface area (Å²) < 4.78 is 39.9. The molecule has 0 saturated heterocycles. The Labute approximate surface area is 168 Å². The zero-order chi connectivity index (χ0) is 19.5. The number of halogens is 5. The maximum Gasteiger partial charge on any atom is 0.436 e. The van der Waals surface area contributed by atoms with Gasteiger partial charge in [0.25, 0.3) is 0 Å². The van der Waals surface area contributed by atoms with Crippen molar-refractivity contribution in [1.29, 1.82) is 0 Å². The molecule has 142 valence electrons. The molecule has 2 aromatic rings. The maximum absolute atomic E-state index is 12.9. The fourth-order valence-electron chi connectivity index (χ4n) is 2.26. The molecular weight excluding hydrogens is 453 g/mol. The summed E-state index contributed by atoms with van der Waals surface area (Å²) in [5.41, 5.74) is 1.22. The Balaban J connectivity index is 1.85. The molecule has 0 atom stereocenters. The first-order valence-corrected chi connectivity index (χ1v) is 9.29. The molecule has 0 aliphatic heterocycles. The van der Waals surface area contributed by atoms with Gasteiger partial charge in [0.1, 0.15) is 0 Å². The van der Waals surface area contributed by atoms with Crippen molar-refractivity contribution < 1.29 is 13.2 Å². The third-order valence-corrected chi connectivity index (χ3v) is 5.36. The number of nitrogens with zero attached hydrogens (tertiary/aromatic N) is 2. The van der Waals surface area contributed by atoms with Gasteiger partial charge in [-0.15, -0.1) is 0 Å². The zero-order valence-electron chi connectivity index (χ0n) is 14.0. The molecule has 2 rings (SSSR count). The average Bonchev–Trinajstić information content (AvgIpc) is 2.84. The Morgan fingerprint density at radius 3 is 2.65 bits per heavy atom. The van der Waals surface area contributed by atoms with Gasteiger partial charge in [0.2, 0.25) is 0 Å². The first-order chi connectivity index (χ1) is 12.1. The topological polar surface area (TPSA) is 41.9 Å². The summed E-state index contributed by atoms with van der Waals surface area (Å²) in [6.45, 7) is 4.30. The van der Waals surface area contributed by atoms with Crippen LogP contribution in [0.3, 0.4) is 0 Å². The third-order valence-electron chi connectivity index (χ3n) is 3.75. The first kappa shape index (κ1) is 21.0. The van der Waals surface area contributed by atoms with Gasteiger partial charge in [0, 0.05) is 23.8 Å². The van der Waals surface area contributed by atoms with E-state index in [2.05, 4.69) is 31.7 Å². The van der Waals surface area contributed by atoms with Gasteiger partial charge in [0.15, 0.2) is 10.8 Å². The van der Waals surface area contributed by atoms with E-state index < -0.39 is 11.9 Å². The molecule has 0 bridgehead atoms. The number of aromatic nitrogens is 2. The Hall–Kier alpha value is -1.32. The van der Waals surface area contributed by atoms with Gasteiger partial charge in [-0.05, 0) is 66.1 Å². The van der Waals surface area contributed by atoms with E-state index in [4.69, 9.17) is 23.8 Å². The van der Waals surface area contributed by atoms with Crippen molar-refractivity contribution in [3.8, 4) is 0 Å². The van der Waals surface area contributed by atoms with Crippen molar-refractivity contribution in [2.75, 3.05) is 11.9 Å². The van der Waals surface area contributed by atoms with E-state index in [0.29, 0.717) is 35.3 Å². The molecule has 0 amide bonds. The number of benzene rings is 1. The summed E-state index contributed by atoms with van der Waals surface area (Å²) in [5.74, 6) is 0. The van der Waals surface area contributed by atoms with E-state index in [0.717, 1.165) is 11.3 Å². The SMILES string of the molecule is Cc1c(Cl)cccc1NC(=S)NCCCn1nc(C(F)(F)F)c(Br)c1C. The van der Waals surface area contributed by atoms with Crippen molar-refractivity contribution in [2.45, 2.75) is 33.0 Å². The highest BCUT2D eigenvalue weighted by Gasteiger charge is 2.37. The monoisotopic (exact) mass is 468 g/mol. The van der Waals surface area contributed by atoms with Crippen LogP contribution in [0, 0.1) is 13.8 Å². The van der Waals surface area contributed by atoms with E-state index in [1.165, 1.54) is 4.68 Å². The molecule has 0 saturated carbocycles. The quantitative estimate of drug-likeness (QED) is 0.460. The highest BCUT2D eigenvalue weighted by Crippen LogP contribution is 2.35. The van der Waals surface area contributed by atoms with Crippen LogP contribution >= 0.6 is 39.7 Å². The minimum absolute atomic E-state index is 0.0217. The number of aryl methyl sites for hydroxylation is 1. The smallest absolute Gasteiger partial charge is 0.362 e. The Morgan fingerprint density at radius 1 is 1.35 bits per heavy atom. The molecule has 1 aromatic carbocycles. The van der Waals surface area contributed by atoms with Gasteiger partial charge in [0.05, 0.1) is 10.2 Å². The number of thiocarbonyl (C=S) groups is 1. The summed E-state index contributed by atoms with van der Waals surface area (Å²) in [4.78, 5) is 0. The molecule has 1 heterocycles. The van der Waals surface area contributed by atoms with Crippen LogP contribution in [-0.4, -0.2) is 21.4 Å². The minimum atomic E-state index is -4.48. The summed E-state index contributed by atoms with van der Waals surface area (Å²) in [7, 11) is 0. The van der Waals surface area contributed by atoms with E-state index in [9.17, 15) is 13.2 Å². The molecule has 10 heteroatoms. The number of anilines is 1. The number of hydrogen-bond donors (Lipinski definition) is 2. The van der Waals surface area contributed by atoms with Gasteiger partial charge < -0.3 is 10.6 Å². The van der Waals surface area contributed by atoms with E-state index in [1.807, 2.05) is 19.1 Å². The van der Waals surface area contributed by atoms with E-state index in [1.54, 1.807) is 13.0 Å². The summed E-state index contributed by atoms with van der Waals surface area (Å²) in [5, 5.41) is 10.8. The molecule has 2 N–H and O–H groups in total. The highest BCUT2D eigenvalue weighted by molar-refractivity contribution is 9.10. The lowest BCUT2D eigenvalue weighted by Gasteiger charge is -2.13. The standard InChI is InChI=1S/C16H17BrClF3N4S/c1-9-11(18)5-3-6-12(9)23-15(26)22-7-4-8-25-10(2)13(17)14(24-25)16(19,20)21/h3,5-6H,4,7-8H2,1-2H3,(H2,22,23,26). The molecule has 0 unspecified atom stereocenters. The first-order valence-electron chi connectivity index (χ1n) is 7.71. The van der Waals surface area contributed by atoms with Crippen molar-refractivity contribution in [1.82, 2.24) is 15.1 Å². The largest absolute Gasteiger partial charge is 0.436 e. The number of rotatable bonds is 5. The second-order valence-electron chi connectivity index (χ2n) is 5.62. The molecule has 26 heavy (non-hydrogen) atoms. The fraction of sp³-hybridized carbons (Fsp3) is 0.375. The predicted octanol–water partition coefficient (Wildman–Crippen LogP) is 5.31. The van der Waals surface area contributed by atoms with Gasteiger partial charge >= 0.3 is 6.18 Å². The zero-order valence-corrected chi connectivity index (χ0v) is 17.2. The van der Waals surface area contributed by atoms with Crippen molar-refractivity contribution in [2.24, 2.45) is 0 Å². The Morgan fingerprint density at radius 2 is 2.04 bits per heavy atom. The maximum atomic E-state index is 12.9. The Bertz CT molecular complexity index is 808. The average molecular weight is 470 g/mol. The van der Waals surface area contributed by atoms with Crippen LogP contribution in [0.25, 0.3) is 0 Å². The van der Waals surface area contributed by atoms with Gasteiger partial charge in [-0.1, -0.05) is 17.7 Å². The third kappa shape index (κ3) is 5.11. The van der Waals surface area contributed by atoms with Crippen molar-refractivity contribution >= 4 is 50.5 Å². The van der Waals surface area contributed by atoms with Gasteiger partial charge in [-0.3, -0.25) is 4.68 Å². The lowest BCUT2D eigenvalue weighted by molar-refractivity contribution is -0.142. The van der Waals surface area contributed by atoms with Gasteiger partial charge in [-0.25, -0.2) is 0 Å². The minimum Gasteiger partial charge on any atom is -0.362 e. The normalized spacial score (nSPS) is 11.5. The van der Waals surface area contributed by atoms with Crippen LogP contribution in [0.2, 0.25) is 5.02 Å². The van der Waals surface area contributed by atoms with Crippen molar-refractivity contribution in [3.05, 3.63) is 44.6 Å². The number of nitrogens with one attached hydrogen (secondary N) is 2. The molecule has 0 fully saturated rings. The highest BCUT2D eigenvalue weighted by atomic mass is 79.9. The molecule has 0 aliphatic carbocycles. The second kappa shape index (κ2) is 8.58. The summed E-state index contributed by atoms with van der Waals surface area (Å²) in [6, 6.07) is 5.47. The number of alkyl halides is 3. The van der Waals surface area contributed by atoms with Crippen LogP contribution < -0.4 is 10.6 Å². The summed E-state index contributed by atoms with van der Waals surface area (Å²) in [6.07, 6.45) is -3.92. The Kier molecular flexibility index (Phi) is 6.92. The summed E-state index contributed by atoms with van der Waals surface area (Å²) >= 11 is 14.2. The van der Waals surface area contributed by atoms with Crippen LogP contribution in [-0.2, 0) is 12.7 Å². The van der Waals surface area contributed by atoms with Crippen molar-refractivity contribution in [3.63, 3.8) is 0 Å². The van der Waals surface area contributed by atoms with Gasteiger partial charge in [-0.2, -0.15) is 18.3 Å². The lowest BCUT2D eigenvalue weighted by atomic mass is 10.2. The van der Waals surface area contributed by atoms with Crippen LogP contribution in [0.15, 0.2) is 22.7 Å². The van der Waals surface area contributed by atoms with E-state index >= 15 is 0 Å². The van der Waals surface area contributed by atoms with Crippen LogP contribution in [0.4, 0.5) is 18.9 Å². The number of hydrogen-bond acceptors (Lipinski definition) is 2. The molecule has 1 aromatic heterocycles.